The third kappa shape index (κ3) is 3.60. The first-order valence-electron chi connectivity index (χ1n) is 7.74. The summed E-state index contributed by atoms with van der Waals surface area (Å²) >= 11 is 0. The van der Waals surface area contributed by atoms with E-state index in [2.05, 4.69) is 10.3 Å². The summed E-state index contributed by atoms with van der Waals surface area (Å²) < 4.78 is 0. The van der Waals surface area contributed by atoms with Gasteiger partial charge in [-0.25, -0.2) is 0 Å². The Hall–Kier alpha value is -2.59. The average Bonchev–Trinajstić information content (AvgIpc) is 3.03. The van der Waals surface area contributed by atoms with Crippen LogP contribution in [0.5, 0.6) is 0 Å². The number of aliphatic hydroxyl groups excluding tert-OH is 1. The first-order chi connectivity index (χ1) is 11.1. The number of amides is 1. The number of hydrogen-bond acceptors (Lipinski definition) is 2. The zero-order valence-corrected chi connectivity index (χ0v) is 13.0. The van der Waals surface area contributed by atoms with Crippen LogP contribution in [0.25, 0.3) is 10.9 Å². The van der Waals surface area contributed by atoms with Gasteiger partial charge in [-0.1, -0.05) is 30.3 Å². The molecule has 118 valence electrons. The fourth-order valence-electron chi connectivity index (χ4n) is 2.71. The number of benzene rings is 2. The van der Waals surface area contributed by atoms with E-state index in [1.54, 1.807) is 6.07 Å². The molecule has 3 rings (SSSR count). The molecule has 0 spiro atoms. The van der Waals surface area contributed by atoms with Crippen LogP contribution in [-0.2, 0) is 0 Å². The van der Waals surface area contributed by atoms with Crippen molar-refractivity contribution in [2.75, 3.05) is 0 Å². The van der Waals surface area contributed by atoms with Crippen LogP contribution in [0.2, 0.25) is 0 Å². The number of H-pyrrole nitrogens is 1. The lowest BCUT2D eigenvalue weighted by atomic mass is 10.0. The Bertz CT molecular complexity index is 795. The van der Waals surface area contributed by atoms with Gasteiger partial charge in [0.25, 0.3) is 5.91 Å². The standard InChI is InChI=1S/C19H20N2O2/c1-13(11-18(22)14-5-3-2-4-6-14)21-19(23)16-7-8-17-15(12-16)9-10-20-17/h2-10,12-13,18,20,22H,11H2,1H3,(H,21,23). The molecule has 0 bridgehead atoms. The van der Waals surface area contributed by atoms with Gasteiger partial charge in [-0.15, -0.1) is 0 Å². The Morgan fingerprint density at radius 2 is 1.96 bits per heavy atom. The summed E-state index contributed by atoms with van der Waals surface area (Å²) in [6.07, 6.45) is 1.74. The maximum atomic E-state index is 12.3. The third-order valence-electron chi connectivity index (χ3n) is 3.95. The van der Waals surface area contributed by atoms with Crippen molar-refractivity contribution in [3.05, 3.63) is 71.9 Å². The van der Waals surface area contributed by atoms with E-state index in [1.165, 1.54) is 0 Å². The van der Waals surface area contributed by atoms with Crippen LogP contribution < -0.4 is 5.32 Å². The Morgan fingerprint density at radius 1 is 1.17 bits per heavy atom. The second kappa shape index (κ2) is 6.67. The van der Waals surface area contributed by atoms with Gasteiger partial charge < -0.3 is 15.4 Å². The van der Waals surface area contributed by atoms with E-state index in [0.29, 0.717) is 12.0 Å². The zero-order valence-electron chi connectivity index (χ0n) is 13.0. The molecule has 4 heteroatoms. The molecule has 0 fully saturated rings. The van der Waals surface area contributed by atoms with Crippen molar-refractivity contribution in [2.45, 2.75) is 25.5 Å². The summed E-state index contributed by atoms with van der Waals surface area (Å²) in [5.41, 5.74) is 2.49. The highest BCUT2D eigenvalue weighted by atomic mass is 16.3. The van der Waals surface area contributed by atoms with Gasteiger partial charge in [0.05, 0.1) is 6.10 Å². The second-order valence-corrected chi connectivity index (χ2v) is 5.82. The highest BCUT2D eigenvalue weighted by Gasteiger charge is 2.15. The molecule has 23 heavy (non-hydrogen) atoms. The van der Waals surface area contributed by atoms with Crippen LogP contribution in [0.3, 0.4) is 0 Å². The molecule has 1 aromatic heterocycles. The maximum absolute atomic E-state index is 12.3. The third-order valence-corrected chi connectivity index (χ3v) is 3.95. The highest BCUT2D eigenvalue weighted by molar-refractivity contribution is 5.98. The molecular formula is C19H20N2O2. The molecule has 0 aliphatic rings. The minimum atomic E-state index is -0.585. The van der Waals surface area contributed by atoms with Gasteiger partial charge >= 0.3 is 0 Å². The molecule has 0 radical (unpaired) electrons. The van der Waals surface area contributed by atoms with E-state index in [-0.39, 0.29) is 11.9 Å². The lowest BCUT2D eigenvalue weighted by Gasteiger charge is -2.18. The molecule has 0 saturated heterocycles. The van der Waals surface area contributed by atoms with Crippen LogP contribution >= 0.6 is 0 Å². The predicted octanol–water partition coefficient (Wildman–Crippen LogP) is 3.41. The Morgan fingerprint density at radius 3 is 2.74 bits per heavy atom. The maximum Gasteiger partial charge on any atom is 0.251 e. The lowest BCUT2D eigenvalue weighted by Crippen LogP contribution is -2.33. The molecule has 0 aliphatic heterocycles. The van der Waals surface area contributed by atoms with Gasteiger partial charge in [0.1, 0.15) is 0 Å². The predicted molar refractivity (Wildman–Crippen MR) is 91.2 cm³/mol. The number of fused-ring (bicyclic) bond motifs is 1. The summed E-state index contributed by atoms with van der Waals surface area (Å²) in [6.45, 7) is 1.90. The van der Waals surface area contributed by atoms with Crippen LogP contribution in [0.15, 0.2) is 60.8 Å². The van der Waals surface area contributed by atoms with Crippen LogP contribution in [0, 0.1) is 0 Å². The van der Waals surface area contributed by atoms with Crippen LogP contribution in [0.4, 0.5) is 0 Å². The summed E-state index contributed by atoms with van der Waals surface area (Å²) in [6, 6.07) is 16.9. The quantitative estimate of drug-likeness (QED) is 0.676. The fourth-order valence-corrected chi connectivity index (χ4v) is 2.71. The Kier molecular flexibility index (Phi) is 4.44. The van der Waals surface area contributed by atoms with Crippen LogP contribution in [-0.4, -0.2) is 22.0 Å². The van der Waals surface area contributed by atoms with E-state index in [4.69, 9.17) is 0 Å². The number of carbonyl (C=O) groups is 1. The topological polar surface area (TPSA) is 65.1 Å². The van der Waals surface area contributed by atoms with E-state index in [1.807, 2.05) is 61.7 Å². The molecule has 4 nitrogen and oxygen atoms in total. The van der Waals surface area contributed by atoms with Crippen molar-refractivity contribution in [3.63, 3.8) is 0 Å². The molecule has 2 atom stereocenters. The number of aromatic nitrogens is 1. The minimum Gasteiger partial charge on any atom is -0.388 e. The number of carbonyl (C=O) groups excluding carboxylic acids is 1. The monoisotopic (exact) mass is 308 g/mol. The molecule has 0 aliphatic carbocycles. The number of nitrogens with one attached hydrogen (secondary N) is 2. The molecule has 1 heterocycles. The molecule has 2 aromatic carbocycles. The largest absolute Gasteiger partial charge is 0.388 e. The molecule has 1 amide bonds. The highest BCUT2D eigenvalue weighted by Crippen LogP contribution is 2.18. The van der Waals surface area contributed by atoms with Crippen molar-refractivity contribution < 1.29 is 9.90 Å². The second-order valence-electron chi connectivity index (χ2n) is 5.82. The van der Waals surface area contributed by atoms with E-state index < -0.39 is 6.10 Å². The summed E-state index contributed by atoms with van der Waals surface area (Å²) in [5.74, 6) is -0.124. The number of hydrogen-bond donors (Lipinski definition) is 3. The van der Waals surface area contributed by atoms with E-state index in [9.17, 15) is 9.90 Å². The summed E-state index contributed by atoms with van der Waals surface area (Å²) in [5, 5.41) is 14.2. The Labute approximate surface area is 135 Å². The molecular weight excluding hydrogens is 288 g/mol. The lowest BCUT2D eigenvalue weighted by molar-refractivity contribution is 0.0917. The van der Waals surface area contributed by atoms with Gasteiger partial charge in [-0.2, -0.15) is 0 Å². The van der Waals surface area contributed by atoms with Gasteiger partial charge in [0.2, 0.25) is 0 Å². The normalized spacial score (nSPS) is 13.7. The molecule has 3 N–H and O–H groups in total. The van der Waals surface area contributed by atoms with Crippen LogP contribution in [0.1, 0.15) is 35.4 Å². The van der Waals surface area contributed by atoms with Crippen molar-refractivity contribution in [3.8, 4) is 0 Å². The first-order valence-corrected chi connectivity index (χ1v) is 7.74. The smallest absolute Gasteiger partial charge is 0.251 e. The van der Waals surface area contributed by atoms with Gasteiger partial charge in [-0.3, -0.25) is 4.79 Å². The number of aromatic amines is 1. The van der Waals surface area contributed by atoms with Gasteiger partial charge in [0, 0.05) is 28.7 Å². The van der Waals surface area contributed by atoms with Crippen molar-refractivity contribution in [1.82, 2.24) is 10.3 Å². The fraction of sp³-hybridized carbons (Fsp3) is 0.211. The van der Waals surface area contributed by atoms with Gasteiger partial charge in [-0.05, 0) is 43.2 Å². The molecule has 2 unspecified atom stereocenters. The van der Waals surface area contributed by atoms with Crippen molar-refractivity contribution >= 4 is 16.8 Å². The summed E-state index contributed by atoms with van der Waals surface area (Å²) in [7, 11) is 0. The van der Waals surface area contributed by atoms with E-state index >= 15 is 0 Å². The molecule has 0 saturated carbocycles. The van der Waals surface area contributed by atoms with Gasteiger partial charge in [0.15, 0.2) is 0 Å². The molecule has 3 aromatic rings. The van der Waals surface area contributed by atoms with E-state index in [0.717, 1.165) is 16.5 Å². The van der Waals surface area contributed by atoms with Crippen molar-refractivity contribution in [2.24, 2.45) is 0 Å². The summed E-state index contributed by atoms with van der Waals surface area (Å²) in [4.78, 5) is 15.4. The minimum absolute atomic E-state index is 0.124. The average molecular weight is 308 g/mol. The number of aliphatic hydroxyl groups is 1. The number of rotatable bonds is 5. The zero-order chi connectivity index (χ0) is 16.2. The SMILES string of the molecule is CC(CC(O)c1ccccc1)NC(=O)c1ccc2[nH]ccc2c1. The Balaban J connectivity index is 1.62. The first kappa shape index (κ1) is 15.3. The van der Waals surface area contributed by atoms with Crippen molar-refractivity contribution in [1.29, 1.82) is 0 Å².